The van der Waals surface area contributed by atoms with Crippen LogP contribution in [0.3, 0.4) is 0 Å². The Balaban J connectivity index is 2.29. The molecule has 1 aliphatic heterocycles. The summed E-state index contributed by atoms with van der Waals surface area (Å²) in [4.78, 5) is 13.5. The number of nitrogens with zero attached hydrogens (tertiary/aromatic N) is 2. The van der Waals surface area contributed by atoms with Crippen LogP contribution >= 0.6 is 0 Å². The van der Waals surface area contributed by atoms with Crippen LogP contribution in [-0.2, 0) is 14.8 Å². The van der Waals surface area contributed by atoms with Crippen LogP contribution in [0.5, 0.6) is 0 Å². The van der Waals surface area contributed by atoms with Crippen molar-refractivity contribution in [1.29, 1.82) is 0 Å². The zero-order valence-electron chi connectivity index (χ0n) is 14.3. The SMILES string of the molecule is CC(=O)N1CCN(S(=O)(=O)c2ccccc2C(C)C(C)C)CC1. The highest BCUT2D eigenvalue weighted by Gasteiger charge is 2.31. The van der Waals surface area contributed by atoms with Crippen molar-refractivity contribution in [1.82, 2.24) is 9.21 Å². The summed E-state index contributed by atoms with van der Waals surface area (Å²) < 4.78 is 27.6. The summed E-state index contributed by atoms with van der Waals surface area (Å²) in [6, 6.07) is 7.26. The largest absolute Gasteiger partial charge is 0.340 e. The van der Waals surface area contributed by atoms with Crippen LogP contribution in [0.4, 0.5) is 0 Å². The molecule has 1 saturated heterocycles. The Morgan fingerprint density at radius 3 is 2.13 bits per heavy atom. The van der Waals surface area contributed by atoms with E-state index in [4.69, 9.17) is 0 Å². The lowest BCUT2D eigenvalue weighted by Gasteiger charge is -2.34. The standard InChI is InChI=1S/C17H26N2O3S/c1-13(2)14(3)16-7-5-6-8-17(16)23(21,22)19-11-9-18(10-12-19)15(4)20/h5-8,13-14H,9-12H2,1-4H3. The van der Waals surface area contributed by atoms with Crippen molar-refractivity contribution in [3.8, 4) is 0 Å². The normalized spacial score (nSPS) is 18.2. The fraction of sp³-hybridized carbons (Fsp3) is 0.588. The highest BCUT2D eigenvalue weighted by molar-refractivity contribution is 7.89. The summed E-state index contributed by atoms with van der Waals surface area (Å²) in [5.41, 5.74) is 0.872. The summed E-state index contributed by atoms with van der Waals surface area (Å²) in [6.45, 7) is 9.39. The van der Waals surface area contributed by atoms with E-state index in [1.807, 2.05) is 12.1 Å². The van der Waals surface area contributed by atoms with Gasteiger partial charge in [-0.25, -0.2) is 8.42 Å². The van der Waals surface area contributed by atoms with Crippen LogP contribution in [0, 0.1) is 5.92 Å². The van der Waals surface area contributed by atoms with Crippen molar-refractivity contribution < 1.29 is 13.2 Å². The number of rotatable bonds is 4. The Kier molecular flexibility index (Phi) is 5.47. The molecule has 5 nitrogen and oxygen atoms in total. The first-order chi connectivity index (χ1) is 10.7. The van der Waals surface area contributed by atoms with E-state index in [1.165, 1.54) is 11.2 Å². The minimum Gasteiger partial charge on any atom is -0.340 e. The Morgan fingerprint density at radius 1 is 1.04 bits per heavy atom. The van der Waals surface area contributed by atoms with E-state index in [-0.39, 0.29) is 11.8 Å². The average molecular weight is 338 g/mol. The Morgan fingerprint density at radius 2 is 1.61 bits per heavy atom. The van der Waals surface area contributed by atoms with Crippen molar-refractivity contribution in [2.24, 2.45) is 5.92 Å². The van der Waals surface area contributed by atoms with Gasteiger partial charge in [-0.15, -0.1) is 0 Å². The molecular weight excluding hydrogens is 312 g/mol. The first-order valence-corrected chi connectivity index (χ1v) is 9.53. The van der Waals surface area contributed by atoms with E-state index in [9.17, 15) is 13.2 Å². The molecule has 128 valence electrons. The number of benzene rings is 1. The number of carbonyl (C=O) groups is 1. The maximum atomic E-state index is 13.0. The van der Waals surface area contributed by atoms with E-state index in [2.05, 4.69) is 20.8 Å². The summed E-state index contributed by atoms with van der Waals surface area (Å²) in [6.07, 6.45) is 0. The summed E-state index contributed by atoms with van der Waals surface area (Å²) in [7, 11) is -3.52. The van der Waals surface area contributed by atoms with Crippen LogP contribution in [0.2, 0.25) is 0 Å². The molecule has 1 atom stereocenters. The number of carbonyl (C=O) groups excluding carboxylic acids is 1. The van der Waals surface area contributed by atoms with Crippen molar-refractivity contribution in [3.05, 3.63) is 29.8 Å². The van der Waals surface area contributed by atoms with Gasteiger partial charge in [-0.05, 0) is 23.5 Å². The number of hydrogen-bond donors (Lipinski definition) is 0. The van der Waals surface area contributed by atoms with Crippen LogP contribution in [0.15, 0.2) is 29.2 Å². The molecule has 1 aromatic rings. The van der Waals surface area contributed by atoms with Gasteiger partial charge in [0, 0.05) is 33.1 Å². The van der Waals surface area contributed by atoms with Crippen molar-refractivity contribution >= 4 is 15.9 Å². The summed E-state index contributed by atoms with van der Waals surface area (Å²) in [5.74, 6) is 0.524. The predicted molar refractivity (Wildman–Crippen MR) is 90.7 cm³/mol. The molecule has 1 unspecified atom stereocenters. The number of piperazine rings is 1. The molecule has 6 heteroatoms. The third-order valence-corrected chi connectivity index (χ3v) is 6.68. The summed E-state index contributed by atoms with van der Waals surface area (Å²) in [5, 5.41) is 0. The molecule has 0 aromatic heterocycles. The average Bonchev–Trinajstić information content (AvgIpc) is 2.54. The van der Waals surface area contributed by atoms with E-state index in [0.717, 1.165) is 5.56 Å². The molecule has 1 heterocycles. The fourth-order valence-corrected chi connectivity index (χ4v) is 4.56. The Labute approximate surface area is 139 Å². The van der Waals surface area contributed by atoms with E-state index >= 15 is 0 Å². The van der Waals surface area contributed by atoms with Crippen LogP contribution in [0.25, 0.3) is 0 Å². The van der Waals surface area contributed by atoms with Gasteiger partial charge in [-0.3, -0.25) is 4.79 Å². The summed E-state index contributed by atoms with van der Waals surface area (Å²) >= 11 is 0. The topological polar surface area (TPSA) is 57.7 Å². The molecule has 2 rings (SSSR count). The second-order valence-electron chi connectivity index (χ2n) is 6.48. The molecule has 1 amide bonds. The smallest absolute Gasteiger partial charge is 0.243 e. The minimum absolute atomic E-state index is 0.00382. The molecular formula is C17H26N2O3S. The molecule has 1 aliphatic rings. The van der Waals surface area contributed by atoms with Gasteiger partial charge >= 0.3 is 0 Å². The molecule has 1 aromatic carbocycles. The lowest BCUT2D eigenvalue weighted by atomic mass is 9.90. The van der Waals surface area contributed by atoms with Gasteiger partial charge in [0.05, 0.1) is 4.90 Å². The van der Waals surface area contributed by atoms with Crippen LogP contribution in [-0.4, -0.2) is 49.7 Å². The lowest BCUT2D eigenvalue weighted by Crippen LogP contribution is -2.50. The van der Waals surface area contributed by atoms with Gasteiger partial charge in [0.15, 0.2) is 0 Å². The Bertz CT molecular complexity index is 662. The van der Waals surface area contributed by atoms with Gasteiger partial charge in [-0.2, -0.15) is 4.31 Å². The quantitative estimate of drug-likeness (QED) is 0.846. The number of hydrogen-bond acceptors (Lipinski definition) is 3. The second kappa shape index (κ2) is 7.01. The second-order valence-corrected chi connectivity index (χ2v) is 8.39. The zero-order chi connectivity index (χ0) is 17.2. The van der Waals surface area contributed by atoms with Gasteiger partial charge in [0.1, 0.15) is 0 Å². The molecule has 23 heavy (non-hydrogen) atoms. The van der Waals surface area contributed by atoms with Gasteiger partial charge in [-0.1, -0.05) is 39.0 Å². The predicted octanol–water partition coefficient (Wildman–Crippen LogP) is 2.30. The van der Waals surface area contributed by atoms with Crippen LogP contribution < -0.4 is 0 Å². The fourth-order valence-electron chi connectivity index (χ4n) is 2.83. The minimum atomic E-state index is -3.52. The lowest BCUT2D eigenvalue weighted by molar-refractivity contribution is -0.129. The number of sulfonamides is 1. The van der Waals surface area contributed by atoms with E-state index in [0.29, 0.717) is 37.0 Å². The van der Waals surface area contributed by atoms with E-state index in [1.54, 1.807) is 17.0 Å². The highest BCUT2D eigenvalue weighted by Crippen LogP contribution is 2.31. The van der Waals surface area contributed by atoms with Crippen LogP contribution in [0.1, 0.15) is 39.2 Å². The monoisotopic (exact) mass is 338 g/mol. The number of amides is 1. The third kappa shape index (κ3) is 3.75. The molecule has 1 fully saturated rings. The maximum absolute atomic E-state index is 13.0. The zero-order valence-corrected chi connectivity index (χ0v) is 15.1. The highest BCUT2D eigenvalue weighted by atomic mass is 32.2. The molecule has 0 saturated carbocycles. The molecule has 0 spiro atoms. The van der Waals surface area contributed by atoms with Crippen molar-refractivity contribution in [2.45, 2.75) is 38.5 Å². The first-order valence-electron chi connectivity index (χ1n) is 8.09. The van der Waals surface area contributed by atoms with Crippen molar-refractivity contribution in [2.75, 3.05) is 26.2 Å². The van der Waals surface area contributed by atoms with Gasteiger partial charge in [0.25, 0.3) is 0 Å². The molecule has 0 aliphatic carbocycles. The van der Waals surface area contributed by atoms with E-state index < -0.39 is 10.0 Å². The van der Waals surface area contributed by atoms with Gasteiger partial charge in [0.2, 0.25) is 15.9 Å². The maximum Gasteiger partial charge on any atom is 0.243 e. The molecule has 0 N–H and O–H groups in total. The molecule has 0 radical (unpaired) electrons. The molecule has 0 bridgehead atoms. The first kappa shape index (κ1) is 17.9. The Hall–Kier alpha value is -1.40. The third-order valence-electron chi connectivity index (χ3n) is 4.71. The van der Waals surface area contributed by atoms with Crippen molar-refractivity contribution in [3.63, 3.8) is 0 Å². The van der Waals surface area contributed by atoms with Gasteiger partial charge < -0.3 is 4.90 Å².